The second-order valence-electron chi connectivity index (χ2n) is 8.64. The maximum atomic E-state index is 12.7. The number of benzene rings is 2. The van der Waals surface area contributed by atoms with Crippen LogP contribution in [0.25, 0.3) is 6.08 Å². The summed E-state index contributed by atoms with van der Waals surface area (Å²) in [4.78, 5) is 31.0. The molecule has 2 heterocycles. The summed E-state index contributed by atoms with van der Waals surface area (Å²) in [5.74, 6) is 0.107. The molecule has 4 rings (SSSR count). The van der Waals surface area contributed by atoms with Gasteiger partial charge in [-0.05, 0) is 50.1 Å². The number of aromatic nitrogens is 1. The summed E-state index contributed by atoms with van der Waals surface area (Å²) in [5.41, 5.74) is 8.98. The molecule has 1 unspecified atom stereocenters. The molecule has 1 atom stereocenters. The van der Waals surface area contributed by atoms with Gasteiger partial charge in [0.2, 0.25) is 11.8 Å². The SMILES string of the molecule is Cc1nc(COc2ccccc2/C=C/C(=O)Nc2ccccc2CN2CCCC(C(N)=O)C2)cs1. The van der Waals surface area contributed by atoms with Gasteiger partial charge in [-0.3, -0.25) is 14.5 Å². The van der Waals surface area contributed by atoms with Crippen molar-refractivity contribution in [3.05, 3.63) is 81.8 Å². The van der Waals surface area contributed by atoms with Crippen molar-refractivity contribution in [2.75, 3.05) is 18.4 Å². The number of carbonyl (C=O) groups is 2. The summed E-state index contributed by atoms with van der Waals surface area (Å²) >= 11 is 1.59. The van der Waals surface area contributed by atoms with E-state index in [-0.39, 0.29) is 17.7 Å². The number of aryl methyl sites for hydroxylation is 1. The van der Waals surface area contributed by atoms with E-state index in [0.29, 0.717) is 25.4 Å². The Hall–Kier alpha value is -3.49. The van der Waals surface area contributed by atoms with Gasteiger partial charge in [-0.2, -0.15) is 0 Å². The molecule has 0 aliphatic carbocycles. The number of rotatable bonds is 9. The lowest BCUT2D eigenvalue weighted by Crippen LogP contribution is -2.40. The highest BCUT2D eigenvalue weighted by atomic mass is 32.1. The minimum atomic E-state index is -0.243. The van der Waals surface area contributed by atoms with Crippen molar-refractivity contribution in [3.63, 3.8) is 0 Å². The lowest BCUT2D eigenvalue weighted by Gasteiger charge is -2.31. The zero-order valence-corrected chi connectivity index (χ0v) is 20.6. The number of nitrogens with zero attached hydrogens (tertiary/aromatic N) is 2. The van der Waals surface area contributed by atoms with E-state index in [0.717, 1.165) is 46.9 Å². The Morgan fingerprint density at radius 1 is 1.23 bits per heavy atom. The Bertz CT molecular complexity index is 1210. The zero-order chi connectivity index (χ0) is 24.6. The quantitative estimate of drug-likeness (QED) is 0.434. The molecule has 0 saturated carbocycles. The fraction of sp³-hybridized carbons (Fsp3) is 0.296. The minimum absolute atomic E-state index is 0.115. The molecule has 3 aromatic rings. The van der Waals surface area contributed by atoms with E-state index < -0.39 is 0 Å². The summed E-state index contributed by atoms with van der Waals surface area (Å²) in [6.45, 7) is 4.54. The molecule has 3 N–H and O–H groups in total. The van der Waals surface area contributed by atoms with Crippen LogP contribution in [0.2, 0.25) is 0 Å². The second kappa shape index (κ2) is 11.8. The van der Waals surface area contributed by atoms with Crippen molar-refractivity contribution in [2.45, 2.75) is 32.9 Å². The third-order valence-electron chi connectivity index (χ3n) is 5.95. The van der Waals surface area contributed by atoms with Crippen LogP contribution in [0, 0.1) is 12.8 Å². The topological polar surface area (TPSA) is 97.6 Å². The van der Waals surface area contributed by atoms with Gasteiger partial charge >= 0.3 is 0 Å². The first-order chi connectivity index (χ1) is 17.0. The van der Waals surface area contributed by atoms with Crippen LogP contribution < -0.4 is 15.8 Å². The van der Waals surface area contributed by atoms with E-state index in [4.69, 9.17) is 10.5 Å². The van der Waals surface area contributed by atoms with Crippen LogP contribution in [-0.2, 0) is 22.7 Å². The van der Waals surface area contributed by atoms with E-state index in [1.165, 1.54) is 6.08 Å². The summed E-state index contributed by atoms with van der Waals surface area (Å²) in [7, 11) is 0. The van der Waals surface area contributed by atoms with E-state index in [1.807, 2.05) is 60.8 Å². The largest absolute Gasteiger partial charge is 0.487 e. The van der Waals surface area contributed by atoms with Crippen LogP contribution in [0.1, 0.15) is 34.7 Å². The molecule has 35 heavy (non-hydrogen) atoms. The lowest BCUT2D eigenvalue weighted by molar-refractivity contribution is -0.123. The van der Waals surface area contributed by atoms with Crippen LogP contribution in [0.5, 0.6) is 5.75 Å². The van der Waals surface area contributed by atoms with Crippen molar-refractivity contribution in [1.29, 1.82) is 0 Å². The highest BCUT2D eigenvalue weighted by Crippen LogP contribution is 2.24. The van der Waals surface area contributed by atoms with Crippen molar-refractivity contribution in [2.24, 2.45) is 11.7 Å². The molecule has 1 fully saturated rings. The fourth-order valence-electron chi connectivity index (χ4n) is 4.17. The predicted octanol–water partition coefficient (Wildman–Crippen LogP) is 4.38. The third kappa shape index (κ3) is 7.00. The first-order valence-electron chi connectivity index (χ1n) is 11.7. The van der Waals surface area contributed by atoms with Crippen LogP contribution in [0.4, 0.5) is 5.69 Å². The van der Waals surface area contributed by atoms with E-state index in [1.54, 1.807) is 17.4 Å². The number of piperidine rings is 1. The number of hydrogen-bond acceptors (Lipinski definition) is 6. The second-order valence-corrected chi connectivity index (χ2v) is 9.70. The van der Waals surface area contributed by atoms with Gasteiger partial charge in [0.1, 0.15) is 12.4 Å². The Balaban J connectivity index is 1.38. The molecule has 0 bridgehead atoms. The Morgan fingerprint density at radius 2 is 2.03 bits per heavy atom. The summed E-state index contributed by atoms with van der Waals surface area (Å²) in [6, 6.07) is 15.3. The van der Waals surface area contributed by atoms with Crippen LogP contribution in [0.15, 0.2) is 60.0 Å². The summed E-state index contributed by atoms with van der Waals surface area (Å²) < 4.78 is 5.94. The molecule has 8 heteroatoms. The Morgan fingerprint density at radius 3 is 2.83 bits per heavy atom. The van der Waals surface area contributed by atoms with Gasteiger partial charge < -0.3 is 15.8 Å². The average Bonchev–Trinajstić information content (AvgIpc) is 3.28. The molecule has 182 valence electrons. The molecule has 1 aliphatic rings. The first-order valence-corrected chi connectivity index (χ1v) is 12.6. The van der Waals surface area contributed by atoms with E-state index in [2.05, 4.69) is 15.2 Å². The van der Waals surface area contributed by atoms with Gasteiger partial charge in [0.15, 0.2) is 0 Å². The number of para-hydroxylation sites is 2. The maximum absolute atomic E-state index is 12.7. The third-order valence-corrected chi connectivity index (χ3v) is 6.77. The van der Waals surface area contributed by atoms with Crippen molar-refractivity contribution in [1.82, 2.24) is 9.88 Å². The number of ether oxygens (including phenoxy) is 1. The fourth-order valence-corrected chi connectivity index (χ4v) is 4.77. The zero-order valence-electron chi connectivity index (χ0n) is 19.8. The number of nitrogens with one attached hydrogen (secondary N) is 1. The van der Waals surface area contributed by atoms with Gasteiger partial charge in [0.05, 0.1) is 16.6 Å². The van der Waals surface area contributed by atoms with Crippen molar-refractivity contribution >= 4 is 34.9 Å². The number of hydrogen-bond donors (Lipinski definition) is 2. The molecule has 2 aromatic carbocycles. The van der Waals surface area contributed by atoms with Gasteiger partial charge in [0.25, 0.3) is 0 Å². The monoisotopic (exact) mass is 490 g/mol. The summed E-state index contributed by atoms with van der Waals surface area (Å²) in [6.07, 6.45) is 5.04. The van der Waals surface area contributed by atoms with Crippen LogP contribution in [0.3, 0.4) is 0 Å². The van der Waals surface area contributed by atoms with Gasteiger partial charge in [0, 0.05) is 35.8 Å². The maximum Gasteiger partial charge on any atom is 0.248 e. The number of anilines is 1. The molecule has 0 spiro atoms. The summed E-state index contributed by atoms with van der Waals surface area (Å²) in [5, 5.41) is 5.98. The standard InChI is InChI=1S/C27H30N4O3S/c1-19-29-23(18-35-19)17-34-25-11-5-3-7-20(25)12-13-26(32)30-24-10-4-2-8-21(24)15-31-14-6-9-22(16-31)27(28)33/h2-5,7-8,10-13,18,22H,6,9,14-17H2,1H3,(H2,28,33)(H,30,32)/b13-12+. The smallest absolute Gasteiger partial charge is 0.248 e. The molecule has 0 radical (unpaired) electrons. The number of amides is 2. The molecular weight excluding hydrogens is 460 g/mol. The van der Waals surface area contributed by atoms with Crippen molar-refractivity contribution < 1.29 is 14.3 Å². The van der Waals surface area contributed by atoms with Gasteiger partial charge in [-0.25, -0.2) is 4.98 Å². The number of nitrogens with two attached hydrogens (primary N) is 1. The van der Waals surface area contributed by atoms with Crippen molar-refractivity contribution in [3.8, 4) is 5.75 Å². The molecule has 1 aromatic heterocycles. The van der Waals surface area contributed by atoms with Gasteiger partial charge in [-0.15, -0.1) is 11.3 Å². The van der Waals surface area contributed by atoms with Crippen LogP contribution in [-0.4, -0.2) is 34.8 Å². The van der Waals surface area contributed by atoms with E-state index in [9.17, 15) is 9.59 Å². The minimum Gasteiger partial charge on any atom is -0.487 e. The number of likely N-dealkylation sites (tertiary alicyclic amines) is 1. The number of primary amides is 1. The molecule has 1 saturated heterocycles. The molecule has 1 aliphatic heterocycles. The normalized spacial score (nSPS) is 16.3. The highest BCUT2D eigenvalue weighted by molar-refractivity contribution is 7.09. The molecular formula is C27H30N4O3S. The Labute approximate surface area is 209 Å². The van der Waals surface area contributed by atoms with Crippen LogP contribution >= 0.6 is 11.3 Å². The average molecular weight is 491 g/mol. The molecule has 2 amide bonds. The predicted molar refractivity (Wildman–Crippen MR) is 139 cm³/mol. The van der Waals surface area contributed by atoms with Gasteiger partial charge in [-0.1, -0.05) is 36.4 Å². The Kier molecular flexibility index (Phi) is 8.28. The first kappa shape index (κ1) is 24.6. The highest BCUT2D eigenvalue weighted by Gasteiger charge is 2.24. The van der Waals surface area contributed by atoms with E-state index >= 15 is 0 Å². The lowest BCUT2D eigenvalue weighted by atomic mass is 9.97. The molecule has 7 nitrogen and oxygen atoms in total. The number of thiazole rings is 1. The number of carbonyl (C=O) groups excluding carboxylic acids is 2.